The fourth-order valence-corrected chi connectivity index (χ4v) is 1.73. The molecule has 1 unspecified atom stereocenters. The molecule has 1 aliphatic heterocycles. The van der Waals surface area contributed by atoms with Crippen LogP contribution in [0, 0.1) is 5.82 Å². The van der Waals surface area contributed by atoms with Crippen LogP contribution in [-0.2, 0) is 4.74 Å². The highest BCUT2D eigenvalue weighted by atomic mass is 19.1. The zero-order valence-corrected chi connectivity index (χ0v) is 9.50. The van der Waals surface area contributed by atoms with Gasteiger partial charge in [-0.05, 0) is 24.6 Å². The molecule has 0 aliphatic carbocycles. The number of halogens is 1. The van der Waals surface area contributed by atoms with Crippen molar-refractivity contribution in [2.24, 2.45) is 0 Å². The van der Waals surface area contributed by atoms with Gasteiger partial charge >= 0.3 is 0 Å². The highest BCUT2D eigenvalue weighted by Crippen LogP contribution is 2.22. The number of benzene rings is 1. The molecule has 3 nitrogen and oxygen atoms in total. The van der Waals surface area contributed by atoms with E-state index in [1.54, 1.807) is 6.07 Å². The fraction of sp³-hybridized carbons (Fsp3) is 0.500. The number of hydrogen-bond acceptors (Lipinski definition) is 3. The molecule has 0 spiro atoms. The monoisotopic (exact) mass is 225 g/mol. The first-order valence-corrected chi connectivity index (χ1v) is 5.38. The van der Waals surface area contributed by atoms with Crippen molar-refractivity contribution < 1.29 is 13.9 Å². The van der Waals surface area contributed by atoms with Crippen molar-refractivity contribution >= 4 is 0 Å². The number of rotatable bonds is 4. The Balaban J connectivity index is 2.04. The van der Waals surface area contributed by atoms with Crippen LogP contribution in [0.2, 0.25) is 0 Å². The van der Waals surface area contributed by atoms with Crippen LogP contribution in [-0.4, -0.2) is 26.4 Å². The lowest BCUT2D eigenvalue weighted by Gasteiger charge is -2.30. The molecule has 0 radical (unpaired) electrons. The quantitative estimate of drug-likeness (QED) is 0.848. The Morgan fingerprint density at radius 3 is 2.75 bits per heavy atom. The summed E-state index contributed by atoms with van der Waals surface area (Å²) in [6.07, 6.45) is 0. The third kappa shape index (κ3) is 2.33. The van der Waals surface area contributed by atoms with Crippen molar-refractivity contribution in [3.05, 3.63) is 29.6 Å². The van der Waals surface area contributed by atoms with Crippen LogP contribution in [0.3, 0.4) is 0 Å². The van der Waals surface area contributed by atoms with E-state index in [2.05, 4.69) is 5.32 Å². The Bertz CT molecular complexity index is 366. The second kappa shape index (κ2) is 4.80. The molecule has 1 aromatic rings. The van der Waals surface area contributed by atoms with E-state index in [0.29, 0.717) is 6.04 Å². The van der Waals surface area contributed by atoms with E-state index >= 15 is 0 Å². The minimum Gasteiger partial charge on any atom is -0.494 e. The molecule has 4 heteroatoms. The Labute approximate surface area is 94.6 Å². The highest BCUT2D eigenvalue weighted by Gasteiger charge is 2.20. The minimum absolute atomic E-state index is 0.120. The molecule has 1 aromatic carbocycles. The van der Waals surface area contributed by atoms with Crippen LogP contribution >= 0.6 is 0 Å². The van der Waals surface area contributed by atoms with Crippen LogP contribution in [0.1, 0.15) is 18.5 Å². The summed E-state index contributed by atoms with van der Waals surface area (Å²) >= 11 is 0. The molecule has 1 saturated heterocycles. The number of ether oxygens (including phenoxy) is 2. The SMILES string of the molecule is COc1ccc(C(C)NC2COC2)cc1F. The maximum absolute atomic E-state index is 13.5. The summed E-state index contributed by atoms with van der Waals surface area (Å²) in [6, 6.07) is 5.55. The van der Waals surface area contributed by atoms with Gasteiger partial charge in [-0.15, -0.1) is 0 Å². The second-order valence-corrected chi connectivity index (χ2v) is 4.02. The van der Waals surface area contributed by atoms with E-state index in [1.165, 1.54) is 13.2 Å². The zero-order valence-electron chi connectivity index (χ0n) is 9.50. The average Bonchev–Trinajstić information content (AvgIpc) is 2.23. The summed E-state index contributed by atoms with van der Waals surface area (Å²) in [6.45, 7) is 3.49. The van der Waals surface area contributed by atoms with Crippen molar-refractivity contribution in [3.63, 3.8) is 0 Å². The number of hydrogen-bond donors (Lipinski definition) is 1. The summed E-state index contributed by atoms with van der Waals surface area (Å²) in [4.78, 5) is 0. The van der Waals surface area contributed by atoms with E-state index in [-0.39, 0.29) is 17.6 Å². The summed E-state index contributed by atoms with van der Waals surface area (Å²) in [7, 11) is 1.46. The van der Waals surface area contributed by atoms with Crippen LogP contribution in [0.4, 0.5) is 4.39 Å². The van der Waals surface area contributed by atoms with Crippen molar-refractivity contribution in [3.8, 4) is 5.75 Å². The molecule has 0 amide bonds. The molecule has 1 fully saturated rings. The normalized spacial score (nSPS) is 17.9. The molecule has 16 heavy (non-hydrogen) atoms. The van der Waals surface area contributed by atoms with Gasteiger partial charge < -0.3 is 14.8 Å². The molecule has 1 atom stereocenters. The van der Waals surface area contributed by atoms with Gasteiger partial charge in [0.1, 0.15) is 0 Å². The number of methoxy groups -OCH3 is 1. The predicted octanol–water partition coefficient (Wildman–Crippen LogP) is 1.88. The molecule has 1 N–H and O–H groups in total. The third-order valence-electron chi connectivity index (χ3n) is 2.80. The van der Waals surface area contributed by atoms with E-state index in [4.69, 9.17) is 9.47 Å². The highest BCUT2D eigenvalue weighted by molar-refractivity contribution is 5.30. The van der Waals surface area contributed by atoms with Gasteiger partial charge in [0.05, 0.1) is 26.4 Å². The largest absolute Gasteiger partial charge is 0.494 e. The van der Waals surface area contributed by atoms with Gasteiger partial charge in [-0.25, -0.2) is 4.39 Å². The standard InChI is InChI=1S/C12H16FNO2/c1-8(14-10-6-16-7-10)9-3-4-12(15-2)11(13)5-9/h3-5,8,10,14H,6-7H2,1-2H3. The lowest BCUT2D eigenvalue weighted by molar-refractivity contribution is -0.00926. The Morgan fingerprint density at radius 1 is 1.50 bits per heavy atom. The summed E-state index contributed by atoms with van der Waals surface area (Å²) in [5.41, 5.74) is 0.921. The zero-order chi connectivity index (χ0) is 11.5. The van der Waals surface area contributed by atoms with E-state index in [0.717, 1.165) is 18.8 Å². The Hall–Kier alpha value is -1.13. The molecule has 2 rings (SSSR count). The van der Waals surface area contributed by atoms with E-state index in [9.17, 15) is 4.39 Å². The fourth-order valence-electron chi connectivity index (χ4n) is 1.73. The molecule has 0 aromatic heterocycles. The van der Waals surface area contributed by atoms with Crippen LogP contribution in [0.25, 0.3) is 0 Å². The molecule has 1 heterocycles. The average molecular weight is 225 g/mol. The lowest BCUT2D eigenvalue weighted by Crippen LogP contribution is -2.46. The first-order valence-electron chi connectivity index (χ1n) is 5.38. The van der Waals surface area contributed by atoms with Crippen molar-refractivity contribution in [1.82, 2.24) is 5.32 Å². The lowest BCUT2D eigenvalue weighted by atomic mass is 10.1. The first-order chi connectivity index (χ1) is 7.70. The van der Waals surface area contributed by atoms with Crippen molar-refractivity contribution in [2.75, 3.05) is 20.3 Å². The van der Waals surface area contributed by atoms with Gasteiger partial charge in [-0.2, -0.15) is 0 Å². The Kier molecular flexibility index (Phi) is 3.41. The summed E-state index contributed by atoms with van der Waals surface area (Å²) in [5, 5.41) is 3.36. The third-order valence-corrected chi connectivity index (χ3v) is 2.80. The number of nitrogens with one attached hydrogen (secondary N) is 1. The van der Waals surface area contributed by atoms with Crippen LogP contribution in [0.5, 0.6) is 5.75 Å². The second-order valence-electron chi connectivity index (χ2n) is 4.02. The predicted molar refractivity (Wildman–Crippen MR) is 59.1 cm³/mol. The van der Waals surface area contributed by atoms with Gasteiger partial charge in [0.2, 0.25) is 0 Å². The Morgan fingerprint density at radius 2 is 2.25 bits per heavy atom. The molecular formula is C12H16FNO2. The molecule has 1 aliphatic rings. The topological polar surface area (TPSA) is 30.5 Å². The maximum Gasteiger partial charge on any atom is 0.165 e. The van der Waals surface area contributed by atoms with E-state index in [1.807, 2.05) is 13.0 Å². The van der Waals surface area contributed by atoms with Gasteiger partial charge in [0.25, 0.3) is 0 Å². The summed E-state index contributed by atoms with van der Waals surface area (Å²) < 4.78 is 23.4. The van der Waals surface area contributed by atoms with Crippen molar-refractivity contribution in [1.29, 1.82) is 0 Å². The smallest absolute Gasteiger partial charge is 0.165 e. The van der Waals surface area contributed by atoms with Gasteiger partial charge in [-0.1, -0.05) is 6.07 Å². The molecular weight excluding hydrogens is 209 g/mol. The first kappa shape index (κ1) is 11.4. The van der Waals surface area contributed by atoms with Crippen LogP contribution in [0.15, 0.2) is 18.2 Å². The molecule has 0 bridgehead atoms. The van der Waals surface area contributed by atoms with Crippen molar-refractivity contribution in [2.45, 2.75) is 19.0 Å². The minimum atomic E-state index is -0.321. The maximum atomic E-state index is 13.5. The summed E-state index contributed by atoms with van der Waals surface area (Å²) in [5.74, 6) is -0.0403. The van der Waals surface area contributed by atoms with Crippen LogP contribution < -0.4 is 10.1 Å². The van der Waals surface area contributed by atoms with Gasteiger partial charge in [0, 0.05) is 6.04 Å². The van der Waals surface area contributed by atoms with Gasteiger partial charge in [-0.3, -0.25) is 0 Å². The van der Waals surface area contributed by atoms with E-state index < -0.39 is 0 Å². The molecule has 88 valence electrons. The van der Waals surface area contributed by atoms with Gasteiger partial charge in [0.15, 0.2) is 11.6 Å². The molecule has 0 saturated carbocycles.